The molecule has 0 aliphatic carbocycles. The first-order valence-corrected chi connectivity index (χ1v) is 5.56. The van der Waals surface area contributed by atoms with Gasteiger partial charge in [-0.1, -0.05) is 6.07 Å². The van der Waals surface area contributed by atoms with Gasteiger partial charge in [-0.05, 0) is 11.4 Å². The molecule has 0 aliphatic heterocycles. The Morgan fingerprint density at radius 1 is 1.64 bits per heavy atom. The van der Waals surface area contributed by atoms with Crippen LogP contribution in [0, 0.1) is 0 Å². The monoisotopic (exact) mass is 188 g/mol. The first-order valence-electron chi connectivity index (χ1n) is 3.52. The quantitative estimate of drug-likeness (QED) is 0.657. The molecule has 0 saturated heterocycles. The van der Waals surface area contributed by atoms with Crippen molar-refractivity contribution in [3.8, 4) is 0 Å². The molecule has 1 aromatic heterocycles. The SMILES string of the molecule is COCCSCc1cccs1. The summed E-state index contributed by atoms with van der Waals surface area (Å²) in [6, 6.07) is 4.27. The lowest BCUT2D eigenvalue weighted by atomic mass is 10.5. The zero-order valence-electron chi connectivity index (χ0n) is 6.58. The molecule has 0 unspecified atom stereocenters. The number of methoxy groups -OCH3 is 1. The Balaban J connectivity index is 2.04. The average Bonchev–Trinajstić information content (AvgIpc) is 2.50. The third-order valence-corrected chi connectivity index (χ3v) is 3.29. The second-order valence-electron chi connectivity index (χ2n) is 2.12. The van der Waals surface area contributed by atoms with Crippen LogP contribution in [-0.2, 0) is 10.5 Å². The van der Waals surface area contributed by atoms with E-state index in [1.54, 1.807) is 7.11 Å². The molecule has 0 radical (unpaired) electrons. The van der Waals surface area contributed by atoms with E-state index < -0.39 is 0 Å². The maximum atomic E-state index is 4.94. The molecular formula is C8H12OS2. The lowest BCUT2D eigenvalue weighted by Gasteiger charge is -1.97. The predicted molar refractivity (Wildman–Crippen MR) is 52.4 cm³/mol. The van der Waals surface area contributed by atoms with Gasteiger partial charge < -0.3 is 4.74 Å². The predicted octanol–water partition coefficient (Wildman–Crippen LogP) is 2.63. The Labute approximate surface area is 75.8 Å². The molecule has 1 rings (SSSR count). The molecule has 0 N–H and O–H groups in total. The third kappa shape index (κ3) is 3.79. The van der Waals surface area contributed by atoms with Crippen LogP contribution in [0.25, 0.3) is 0 Å². The first-order chi connectivity index (χ1) is 5.43. The Bertz CT molecular complexity index is 172. The van der Waals surface area contributed by atoms with Crippen LogP contribution in [0.4, 0.5) is 0 Å². The highest BCUT2D eigenvalue weighted by atomic mass is 32.2. The van der Waals surface area contributed by atoms with Gasteiger partial charge in [0.15, 0.2) is 0 Å². The second-order valence-corrected chi connectivity index (χ2v) is 4.26. The standard InChI is InChI=1S/C8H12OS2/c1-9-4-6-10-7-8-3-2-5-11-8/h2-3,5H,4,6-7H2,1H3. The lowest BCUT2D eigenvalue weighted by molar-refractivity contribution is 0.218. The van der Waals surface area contributed by atoms with Crippen molar-refractivity contribution in [2.75, 3.05) is 19.5 Å². The van der Waals surface area contributed by atoms with Gasteiger partial charge in [-0.25, -0.2) is 0 Å². The lowest BCUT2D eigenvalue weighted by Crippen LogP contribution is -1.91. The number of ether oxygens (including phenoxy) is 1. The molecular weight excluding hydrogens is 176 g/mol. The van der Waals surface area contributed by atoms with Crippen molar-refractivity contribution in [2.24, 2.45) is 0 Å². The van der Waals surface area contributed by atoms with Crippen LogP contribution in [0.1, 0.15) is 4.88 Å². The van der Waals surface area contributed by atoms with Gasteiger partial charge in [0.2, 0.25) is 0 Å². The summed E-state index contributed by atoms with van der Waals surface area (Å²) in [7, 11) is 1.74. The smallest absolute Gasteiger partial charge is 0.0553 e. The van der Waals surface area contributed by atoms with Gasteiger partial charge in [-0.3, -0.25) is 0 Å². The van der Waals surface area contributed by atoms with Crippen molar-refractivity contribution in [3.05, 3.63) is 22.4 Å². The molecule has 0 aliphatic rings. The second kappa shape index (κ2) is 5.63. The Kier molecular flexibility index (Phi) is 4.66. The van der Waals surface area contributed by atoms with Crippen LogP contribution < -0.4 is 0 Å². The molecule has 1 aromatic rings. The van der Waals surface area contributed by atoms with Gasteiger partial charge >= 0.3 is 0 Å². The van der Waals surface area contributed by atoms with E-state index in [1.807, 2.05) is 23.1 Å². The van der Waals surface area contributed by atoms with E-state index in [9.17, 15) is 0 Å². The summed E-state index contributed by atoms with van der Waals surface area (Å²) in [5.41, 5.74) is 0. The molecule has 1 heterocycles. The zero-order valence-corrected chi connectivity index (χ0v) is 8.21. The topological polar surface area (TPSA) is 9.23 Å². The Morgan fingerprint density at radius 2 is 2.55 bits per heavy atom. The van der Waals surface area contributed by atoms with E-state index in [-0.39, 0.29) is 0 Å². The molecule has 0 atom stereocenters. The molecule has 0 amide bonds. The fourth-order valence-electron chi connectivity index (χ4n) is 0.710. The number of thiophene rings is 1. The van der Waals surface area contributed by atoms with E-state index in [1.165, 1.54) is 4.88 Å². The third-order valence-electron chi connectivity index (χ3n) is 1.26. The first kappa shape index (κ1) is 9.10. The van der Waals surface area contributed by atoms with Crippen LogP contribution in [0.3, 0.4) is 0 Å². The van der Waals surface area contributed by atoms with Crippen molar-refractivity contribution in [1.82, 2.24) is 0 Å². The molecule has 3 heteroatoms. The number of rotatable bonds is 5. The van der Waals surface area contributed by atoms with Gasteiger partial charge in [-0.2, -0.15) is 11.8 Å². The van der Waals surface area contributed by atoms with Crippen molar-refractivity contribution in [2.45, 2.75) is 5.75 Å². The fraction of sp³-hybridized carbons (Fsp3) is 0.500. The number of hydrogen-bond acceptors (Lipinski definition) is 3. The maximum Gasteiger partial charge on any atom is 0.0553 e. The molecule has 0 saturated carbocycles. The van der Waals surface area contributed by atoms with Crippen molar-refractivity contribution >= 4 is 23.1 Å². The molecule has 0 spiro atoms. The zero-order chi connectivity index (χ0) is 7.94. The highest BCUT2D eigenvalue weighted by molar-refractivity contribution is 7.98. The van der Waals surface area contributed by atoms with E-state index in [4.69, 9.17) is 4.74 Å². The minimum absolute atomic E-state index is 0.857. The highest BCUT2D eigenvalue weighted by Gasteiger charge is 1.92. The van der Waals surface area contributed by atoms with Gasteiger partial charge in [0.1, 0.15) is 0 Å². The molecule has 0 aromatic carbocycles. The molecule has 1 nitrogen and oxygen atoms in total. The van der Waals surface area contributed by atoms with Gasteiger partial charge in [0.05, 0.1) is 6.61 Å². The summed E-state index contributed by atoms with van der Waals surface area (Å²) < 4.78 is 4.94. The minimum Gasteiger partial charge on any atom is -0.384 e. The summed E-state index contributed by atoms with van der Waals surface area (Å²) in [5.74, 6) is 2.22. The Morgan fingerprint density at radius 3 is 3.18 bits per heavy atom. The van der Waals surface area contributed by atoms with Crippen molar-refractivity contribution < 1.29 is 4.74 Å². The molecule has 11 heavy (non-hydrogen) atoms. The fourth-order valence-corrected chi connectivity index (χ4v) is 2.45. The number of hydrogen-bond donors (Lipinski definition) is 0. The van der Waals surface area contributed by atoms with Gasteiger partial charge in [-0.15, -0.1) is 11.3 Å². The summed E-state index contributed by atoms with van der Waals surface area (Å²) in [6.45, 7) is 0.857. The normalized spacial score (nSPS) is 10.3. The van der Waals surface area contributed by atoms with Crippen LogP contribution in [0.2, 0.25) is 0 Å². The number of thioether (sulfide) groups is 1. The summed E-state index contributed by atoms with van der Waals surface area (Å²) >= 11 is 3.74. The largest absolute Gasteiger partial charge is 0.384 e. The van der Waals surface area contributed by atoms with E-state index in [0.717, 1.165) is 18.1 Å². The summed E-state index contributed by atoms with van der Waals surface area (Å²) in [6.07, 6.45) is 0. The minimum atomic E-state index is 0.857. The van der Waals surface area contributed by atoms with Crippen LogP contribution in [0.15, 0.2) is 17.5 Å². The molecule has 62 valence electrons. The highest BCUT2D eigenvalue weighted by Crippen LogP contribution is 2.16. The van der Waals surface area contributed by atoms with Crippen LogP contribution in [-0.4, -0.2) is 19.5 Å². The van der Waals surface area contributed by atoms with Crippen LogP contribution in [0.5, 0.6) is 0 Å². The van der Waals surface area contributed by atoms with Crippen LogP contribution >= 0.6 is 23.1 Å². The Hall–Kier alpha value is 0.01000. The maximum absolute atomic E-state index is 4.94. The van der Waals surface area contributed by atoms with E-state index in [0.29, 0.717) is 0 Å². The summed E-state index contributed by atoms with van der Waals surface area (Å²) in [5, 5.41) is 2.12. The van der Waals surface area contributed by atoms with Gasteiger partial charge in [0.25, 0.3) is 0 Å². The summed E-state index contributed by atoms with van der Waals surface area (Å²) in [4.78, 5) is 1.45. The van der Waals surface area contributed by atoms with E-state index in [2.05, 4.69) is 17.5 Å². The van der Waals surface area contributed by atoms with Crippen molar-refractivity contribution in [3.63, 3.8) is 0 Å². The molecule has 0 bridgehead atoms. The van der Waals surface area contributed by atoms with Crippen molar-refractivity contribution in [1.29, 1.82) is 0 Å². The average molecular weight is 188 g/mol. The molecule has 0 fully saturated rings. The van der Waals surface area contributed by atoms with E-state index >= 15 is 0 Å². The van der Waals surface area contributed by atoms with Gasteiger partial charge in [0, 0.05) is 23.5 Å².